The van der Waals surface area contributed by atoms with Gasteiger partial charge in [-0.05, 0) is 65.1 Å². The number of rotatable bonds is 1. The Morgan fingerprint density at radius 1 is 1.10 bits per heavy atom. The first-order chi connectivity index (χ1) is 14.8. The summed E-state index contributed by atoms with van der Waals surface area (Å²) in [6.07, 6.45) is 3.45. The van der Waals surface area contributed by atoms with Crippen LogP contribution in [0.5, 0.6) is 5.75 Å². The number of carbonyl (C=O) groups is 1. The molecule has 1 aliphatic rings. The molecule has 4 heterocycles. The number of aryl methyl sites for hydroxylation is 1. The molecule has 1 aromatic carbocycles. The van der Waals surface area contributed by atoms with Gasteiger partial charge >= 0.3 is 0 Å². The summed E-state index contributed by atoms with van der Waals surface area (Å²) in [6.45, 7) is 1.30. The summed E-state index contributed by atoms with van der Waals surface area (Å²) in [5.41, 5.74) is 3.22. The molecule has 150 valence electrons. The minimum absolute atomic E-state index is 0.259. The highest BCUT2D eigenvalue weighted by molar-refractivity contribution is 7.08. The lowest BCUT2D eigenvalue weighted by Gasteiger charge is -2.15. The average Bonchev–Trinajstić information content (AvgIpc) is 3.45. The lowest BCUT2D eigenvalue weighted by Crippen LogP contribution is -2.16. The molecule has 2 bridgehead atoms. The number of benzene rings is 1. The van der Waals surface area contributed by atoms with Crippen molar-refractivity contribution in [3.8, 4) is 28.4 Å². The highest BCUT2D eigenvalue weighted by atomic mass is 32.1. The van der Waals surface area contributed by atoms with Crippen LogP contribution in [0.1, 0.15) is 23.2 Å². The number of hydrogen-bond donors (Lipinski definition) is 1. The maximum absolute atomic E-state index is 13.1. The van der Waals surface area contributed by atoms with E-state index in [-0.39, 0.29) is 5.91 Å². The summed E-state index contributed by atoms with van der Waals surface area (Å²) in [5, 5.41) is 15.2. The van der Waals surface area contributed by atoms with E-state index < -0.39 is 0 Å². The molecule has 1 amide bonds. The van der Waals surface area contributed by atoms with E-state index in [1.807, 2.05) is 46.3 Å². The second-order valence-corrected chi connectivity index (χ2v) is 7.77. The van der Waals surface area contributed by atoms with Crippen molar-refractivity contribution < 1.29 is 9.53 Å². The highest BCUT2D eigenvalue weighted by Crippen LogP contribution is 2.29. The molecule has 0 atom stereocenters. The Balaban J connectivity index is 1.54. The minimum atomic E-state index is -0.259. The maximum Gasteiger partial charge on any atom is 0.260 e. The number of anilines is 1. The lowest BCUT2D eigenvalue weighted by molar-refractivity contribution is 0.102. The Bertz CT molecular complexity index is 1190. The number of nitrogens with zero attached hydrogens (tertiary/aromatic N) is 4. The van der Waals surface area contributed by atoms with Gasteiger partial charge in [0.1, 0.15) is 23.6 Å². The van der Waals surface area contributed by atoms with Crippen molar-refractivity contribution in [1.29, 1.82) is 0 Å². The molecule has 5 rings (SSSR count). The van der Waals surface area contributed by atoms with Crippen LogP contribution in [0.2, 0.25) is 0 Å². The van der Waals surface area contributed by atoms with Crippen molar-refractivity contribution in [2.24, 2.45) is 0 Å². The van der Waals surface area contributed by atoms with E-state index in [1.54, 1.807) is 23.7 Å². The van der Waals surface area contributed by atoms with Crippen molar-refractivity contribution in [2.45, 2.75) is 19.4 Å². The third kappa shape index (κ3) is 3.69. The second-order valence-electron chi connectivity index (χ2n) is 6.99. The molecule has 1 N–H and O–H groups in total. The number of carbonyl (C=O) groups excluding carboxylic acids is 1. The van der Waals surface area contributed by atoms with Gasteiger partial charge in [-0.2, -0.15) is 11.3 Å². The van der Waals surface area contributed by atoms with Crippen molar-refractivity contribution in [3.05, 3.63) is 65.1 Å². The number of fused-ring (bicyclic) bond motifs is 5. The monoisotopic (exact) mass is 417 g/mol. The Labute approximate surface area is 177 Å². The first kappa shape index (κ1) is 18.5. The summed E-state index contributed by atoms with van der Waals surface area (Å²) in [5.74, 6) is 1.45. The Morgan fingerprint density at radius 3 is 2.97 bits per heavy atom. The molecule has 3 aromatic heterocycles. The van der Waals surface area contributed by atoms with Crippen molar-refractivity contribution in [1.82, 2.24) is 19.7 Å². The van der Waals surface area contributed by atoms with Crippen LogP contribution in [0.4, 0.5) is 5.82 Å². The average molecular weight is 417 g/mol. The summed E-state index contributed by atoms with van der Waals surface area (Å²) in [7, 11) is 0. The highest BCUT2D eigenvalue weighted by Gasteiger charge is 2.17. The SMILES string of the molecule is O=C1Nc2cccc(n2)-c2nncn2CCCCOc2ccc(-c3ccsc3)cc21. The van der Waals surface area contributed by atoms with Gasteiger partial charge in [-0.25, -0.2) is 4.98 Å². The smallest absolute Gasteiger partial charge is 0.260 e. The predicted octanol–water partition coefficient (Wildman–Crippen LogP) is 4.49. The summed E-state index contributed by atoms with van der Waals surface area (Å²) >= 11 is 1.62. The van der Waals surface area contributed by atoms with Crippen molar-refractivity contribution in [3.63, 3.8) is 0 Å². The molecule has 0 aliphatic carbocycles. The first-order valence-corrected chi connectivity index (χ1v) is 10.7. The number of nitrogens with one attached hydrogen (secondary N) is 1. The van der Waals surface area contributed by atoms with E-state index in [2.05, 4.69) is 25.9 Å². The van der Waals surface area contributed by atoms with E-state index >= 15 is 0 Å². The topological polar surface area (TPSA) is 81.9 Å². The minimum Gasteiger partial charge on any atom is -0.493 e. The van der Waals surface area contributed by atoms with Gasteiger partial charge in [-0.15, -0.1) is 10.2 Å². The zero-order valence-corrected chi connectivity index (χ0v) is 16.9. The van der Waals surface area contributed by atoms with Crippen LogP contribution in [-0.2, 0) is 6.54 Å². The van der Waals surface area contributed by atoms with Gasteiger partial charge in [0.15, 0.2) is 5.82 Å². The summed E-state index contributed by atoms with van der Waals surface area (Å²) in [6, 6.07) is 13.2. The van der Waals surface area contributed by atoms with Gasteiger partial charge in [0.2, 0.25) is 0 Å². The van der Waals surface area contributed by atoms with Crippen molar-refractivity contribution in [2.75, 3.05) is 11.9 Å². The Morgan fingerprint density at radius 2 is 2.07 bits per heavy atom. The van der Waals surface area contributed by atoms with E-state index in [1.165, 1.54) is 0 Å². The van der Waals surface area contributed by atoms with Gasteiger partial charge in [-0.3, -0.25) is 4.79 Å². The molecule has 0 radical (unpaired) electrons. The molecule has 1 aliphatic heterocycles. The second kappa shape index (κ2) is 8.08. The zero-order valence-electron chi connectivity index (χ0n) is 16.1. The molecule has 0 unspecified atom stereocenters. The molecule has 0 saturated heterocycles. The Hall–Kier alpha value is -3.52. The number of aromatic nitrogens is 4. The van der Waals surface area contributed by atoms with E-state index in [4.69, 9.17) is 4.74 Å². The molecule has 0 fully saturated rings. The zero-order chi connectivity index (χ0) is 20.3. The molecule has 0 spiro atoms. The van der Waals surface area contributed by atoms with Crippen LogP contribution >= 0.6 is 11.3 Å². The quantitative estimate of drug-likeness (QED) is 0.493. The van der Waals surface area contributed by atoms with E-state index in [9.17, 15) is 4.79 Å². The standard InChI is InChI=1S/C22H19N5O2S/c28-22-17-12-15(16-8-11-30-13-16)6-7-19(17)29-10-2-1-9-27-14-23-26-21(27)18-4-3-5-20(24-18)25-22/h3-8,11-14H,1-2,9-10H2,(H,24,25,28). The van der Waals surface area contributed by atoms with Crippen LogP contribution in [-0.4, -0.2) is 32.3 Å². The van der Waals surface area contributed by atoms with Gasteiger partial charge in [0.05, 0.1) is 12.2 Å². The van der Waals surface area contributed by atoms with Gasteiger partial charge in [0.25, 0.3) is 5.91 Å². The normalized spacial score (nSPS) is 14.1. The van der Waals surface area contributed by atoms with Gasteiger partial charge in [0, 0.05) is 6.54 Å². The van der Waals surface area contributed by atoms with Gasteiger partial charge < -0.3 is 14.6 Å². The first-order valence-electron chi connectivity index (χ1n) is 9.74. The molecule has 8 heteroatoms. The predicted molar refractivity (Wildman–Crippen MR) is 116 cm³/mol. The van der Waals surface area contributed by atoms with E-state index in [0.29, 0.717) is 35.3 Å². The van der Waals surface area contributed by atoms with Crippen LogP contribution in [0, 0.1) is 0 Å². The van der Waals surface area contributed by atoms with Gasteiger partial charge in [-0.1, -0.05) is 12.1 Å². The lowest BCUT2D eigenvalue weighted by atomic mass is 10.0. The molecule has 0 saturated carbocycles. The largest absolute Gasteiger partial charge is 0.493 e. The summed E-state index contributed by atoms with van der Waals surface area (Å²) < 4.78 is 7.95. The molecule has 4 aromatic rings. The fraction of sp³-hybridized carbons (Fsp3) is 0.182. The molecule has 7 nitrogen and oxygen atoms in total. The van der Waals surface area contributed by atoms with Crippen LogP contribution in [0.3, 0.4) is 0 Å². The fourth-order valence-electron chi connectivity index (χ4n) is 3.44. The maximum atomic E-state index is 13.1. The molecule has 30 heavy (non-hydrogen) atoms. The number of pyridine rings is 1. The van der Waals surface area contributed by atoms with Crippen molar-refractivity contribution >= 4 is 23.1 Å². The number of hydrogen-bond acceptors (Lipinski definition) is 6. The number of thiophene rings is 1. The van der Waals surface area contributed by atoms with Crippen LogP contribution < -0.4 is 10.1 Å². The van der Waals surface area contributed by atoms with Crippen LogP contribution in [0.25, 0.3) is 22.6 Å². The third-order valence-corrected chi connectivity index (χ3v) is 5.65. The number of amides is 1. The Kier molecular flexibility index (Phi) is 4.98. The summed E-state index contributed by atoms with van der Waals surface area (Å²) in [4.78, 5) is 17.7. The molecular formula is C22H19N5O2S. The number of ether oxygens (including phenoxy) is 1. The third-order valence-electron chi connectivity index (χ3n) is 4.96. The van der Waals surface area contributed by atoms with Crippen LogP contribution in [0.15, 0.2) is 59.6 Å². The fourth-order valence-corrected chi connectivity index (χ4v) is 4.10. The van der Waals surface area contributed by atoms with E-state index in [0.717, 1.165) is 30.5 Å². The molecular weight excluding hydrogens is 398 g/mol.